The number of anilines is 1. The standard InChI is InChI=1S/C35H28ClN3O5S2/c1-21-6-3-4-7-25(21)19-44-27-16-12-23(13-17-27)31(40)29-30(24-8-5-9-28(18-24)43-2)39(33(42)32(29)41)34-37-38-35(46-34)45-20-22-10-14-26(36)15-11-22/h3-18,30,40H,19-20H2,1-2H3/b31-29+. The van der Waals surface area contributed by atoms with Gasteiger partial charge in [-0.3, -0.25) is 14.5 Å². The van der Waals surface area contributed by atoms with Gasteiger partial charge < -0.3 is 14.6 Å². The van der Waals surface area contributed by atoms with E-state index in [1.54, 1.807) is 48.5 Å². The monoisotopic (exact) mass is 669 g/mol. The number of amides is 1. The highest BCUT2D eigenvalue weighted by Crippen LogP contribution is 2.44. The molecule has 0 spiro atoms. The van der Waals surface area contributed by atoms with Crippen molar-refractivity contribution in [2.75, 3.05) is 12.0 Å². The molecular formula is C35H28ClN3O5S2. The molecule has 0 radical (unpaired) electrons. The van der Waals surface area contributed by atoms with Gasteiger partial charge in [0.05, 0.1) is 18.7 Å². The molecule has 1 amide bonds. The van der Waals surface area contributed by atoms with Crippen LogP contribution in [0.1, 0.15) is 33.9 Å². The number of Topliss-reactive ketones (excluding diaryl/α,β-unsaturated/α-hetero) is 1. The van der Waals surface area contributed by atoms with Crippen molar-refractivity contribution in [3.8, 4) is 11.5 Å². The highest BCUT2D eigenvalue weighted by Gasteiger charge is 2.48. The van der Waals surface area contributed by atoms with Crippen LogP contribution in [-0.4, -0.2) is 34.1 Å². The predicted molar refractivity (Wildman–Crippen MR) is 181 cm³/mol. The zero-order valence-electron chi connectivity index (χ0n) is 24.8. The van der Waals surface area contributed by atoms with Crippen molar-refractivity contribution in [2.24, 2.45) is 0 Å². The molecule has 1 aliphatic rings. The first-order valence-electron chi connectivity index (χ1n) is 14.3. The van der Waals surface area contributed by atoms with E-state index in [1.165, 1.54) is 35.1 Å². The van der Waals surface area contributed by atoms with E-state index in [0.29, 0.717) is 44.3 Å². The third-order valence-corrected chi connectivity index (χ3v) is 9.89. The number of aryl methyl sites for hydroxylation is 1. The van der Waals surface area contributed by atoms with Crippen LogP contribution in [0.15, 0.2) is 107 Å². The Morgan fingerprint density at radius 2 is 1.72 bits per heavy atom. The van der Waals surface area contributed by atoms with Gasteiger partial charge in [-0.05, 0) is 77.7 Å². The second kappa shape index (κ2) is 13.8. The lowest BCUT2D eigenvalue weighted by molar-refractivity contribution is -0.132. The average molecular weight is 670 g/mol. The van der Waals surface area contributed by atoms with Crippen LogP contribution in [0.2, 0.25) is 5.02 Å². The van der Waals surface area contributed by atoms with Crippen LogP contribution in [0, 0.1) is 6.92 Å². The van der Waals surface area contributed by atoms with E-state index in [-0.39, 0.29) is 16.5 Å². The third kappa shape index (κ3) is 6.64. The van der Waals surface area contributed by atoms with Gasteiger partial charge in [0.15, 0.2) is 4.34 Å². The molecule has 0 saturated carbocycles. The first-order chi connectivity index (χ1) is 22.3. The quantitative estimate of drug-likeness (QED) is 0.0525. The number of halogens is 1. The van der Waals surface area contributed by atoms with Gasteiger partial charge in [0.2, 0.25) is 5.13 Å². The average Bonchev–Trinajstić information content (AvgIpc) is 3.65. The molecule has 1 N–H and O–H groups in total. The minimum atomic E-state index is -0.964. The molecule has 5 aromatic rings. The number of nitrogens with zero attached hydrogens (tertiary/aromatic N) is 3. The SMILES string of the molecule is COc1cccc(C2/C(=C(\O)c3ccc(OCc4ccccc4C)cc3)C(=O)C(=O)N2c2nnc(SCc3ccc(Cl)cc3)s2)c1. The van der Waals surface area contributed by atoms with Crippen LogP contribution in [0.3, 0.4) is 0 Å². The first kappa shape index (κ1) is 31.3. The molecule has 1 saturated heterocycles. The number of benzene rings is 4. The first-order valence-corrected chi connectivity index (χ1v) is 16.4. The summed E-state index contributed by atoms with van der Waals surface area (Å²) in [6.45, 7) is 2.41. The van der Waals surface area contributed by atoms with Crippen molar-refractivity contribution >= 4 is 57.3 Å². The summed E-state index contributed by atoms with van der Waals surface area (Å²) in [6.07, 6.45) is 0. The molecular weight excluding hydrogens is 642 g/mol. The van der Waals surface area contributed by atoms with Crippen molar-refractivity contribution in [2.45, 2.75) is 29.7 Å². The topological polar surface area (TPSA) is 102 Å². The highest BCUT2D eigenvalue weighted by molar-refractivity contribution is 8.00. The summed E-state index contributed by atoms with van der Waals surface area (Å²) in [5, 5.41) is 21.0. The van der Waals surface area contributed by atoms with Crippen LogP contribution in [0.25, 0.3) is 5.76 Å². The molecule has 1 unspecified atom stereocenters. The number of carbonyl (C=O) groups excluding carboxylic acids is 2. The Hall–Kier alpha value is -4.64. The summed E-state index contributed by atoms with van der Waals surface area (Å²) in [6, 6.07) is 28.3. The molecule has 4 aromatic carbocycles. The van der Waals surface area contributed by atoms with Gasteiger partial charge in [-0.15, -0.1) is 10.2 Å². The molecule has 46 heavy (non-hydrogen) atoms. The lowest BCUT2D eigenvalue weighted by atomic mass is 9.95. The Morgan fingerprint density at radius 1 is 0.957 bits per heavy atom. The fourth-order valence-electron chi connectivity index (χ4n) is 5.04. The Morgan fingerprint density at radius 3 is 2.46 bits per heavy atom. The maximum Gasteiger partial charge on any atom is 0.301 e. The summed E-state index contributed by atoms with van der Waals surface area (Å²) in [7, 11) is 1.54. The van der Waals surface area contributed by atoms with Gasteiger partial charge in [-0.2, -0.15) is 0 Å². The Labute approximate surface area is 279 Å². The number of aromatic nitrogens is 2. The molecule has 8 nitrogen and oxygen atoms in total. The lowest BCUT2D eigenvalue weighted by Crippen LogP contribution is -2.29. The summed E-state index contributed by atoms with van der Waals surface area (Å²) in [5.74, 6) is -0.180. The van der Waals surface area contributed by atoms with E-state index in [4.69, 9.17) is 21.1 Å². The number of hydrogen-bond acceptors (Lipinski definition) is 9. The zero-order chi connectivity index (χ0) is 32.2. The van der Waals surface area contributed by atoms with E-state index in [0.717, 1.165) is 16.7 Å². The number of hydrogen-bond donors (Lipinski definition) is 1. The van der Waals surface area contributed by atoms with Crippen molar-refractivity contribution in [1.29, 1.82) is 0 Å². The van der Waals surface area contributed by atoms with E-state index >= 15 is 0 Å². The van der Waals surface area contributed by atoms with E-state index in [2.05, 4.69) is 10.2 Å². The molecule has 2 heterocycles. The van der Waals surface area contributed by atoms with Gasteiger partial charge >= 0.3 is 5.91 Å². The maximum absolute atomic E-state index is 13.6. The number of ketones is 1. The molecule has 11 heteroatoms. The second-order valence-electron chi connectivity index (χ2n) is 10.5. The lowest BCUT2D eigenvalue weighted by Gasteiger charge is -2.23. The molecule has 1 aromatic heterocycles. The Bertz CT molecular complexity index is 1930. The largest absolute Gasteiger partial charge is 0.507 e. The maximum atomic E-state index is 13.6. The van der Waals surface area contributed by atoms with Crippen LogP contribution in [0.4, 0.5) is 5.13 Å². The van der Waals surface area contributed by atoms with Crippen LogP contribution in [-0.2, 0) is 21.9 Å². The minimum Gasteiger partial charge on any atom is -0.507 e. The van der Waals surface area contributed by atoms with Crippen molar-refractivity contribution in [3.05, 3.63) is 135 Å². The molecule has 232 valence electrons. The second-order valence-corrected chi connectivity index (χ2v) is 13.1. The summed E-state index contributed by atoms with van der Waals surface area (Å²) >= 11 is 8.66. The zero-order valence-corrected chi connectivity index (χ0v) is 27.2. The summed E-state index contributed by atoms with van der Waals surface area (Å²) in [5.41, 5.74) is 4.12. The molecule has 0 bridgehead atoms. The van der Waals surface area contributed by atoms with Crippen LogP contribution in [0.5, 0.6) is 11.5 Å². The van der Waals surface area contributed by atoms with E-state index < -0.39 is 17.7 Å². The third-order valence-electron chi connectivity index (χ3n) is 7.51. The van der Waals surface area contributed by atoms with Crippen molar-refractivity contribution < 1.29 is 24.2 Å². The van der Waals surface area contributed by atoms with E-state index in [1.807, 2.05) is 55.5 Å². The number of thioether (sulfide) groups is 1. The molecule has 1 fully saturated rings. The Kier molecular flexibility index (Phi) is 9.39. The Balaban J connectivity index is 1.31. The van der Waals surface area contributed by atoms with Crippen molar-refractivity contribution in [3.63, 3.8) is 0 Å². The molecule has 1 aliphatic heterocycles. The van der Waals surface area contributed by atoms with Crippen molar-refractivity contribution in [1.82, 2.24) is 10.2 Å². The van der Waals surface area contributed by atoms with Gasteiger partial charge in [-0.25, -0.2) is 0 Å². The van der Waals surface area contributed by atoms with Gasteiger partial charge in [0, 0.05) is 16.3 Å². The normalized spacial score (nSPS) is 15.7. The summed E-state index contributed by atoms with van der Waals surface area (Å²) < 4.78 is 12.0. The highest BCUT2D eigenvalue weighted by atomic mass is 35.5. The van der Waals surface area contributed by atoms with Crippen LogP contribution < -0.4 is 14.4 Å². The number of aliphatic hydroxyl groups excluding tert-OH is 1. The molecule has 6 rings (SSSR count). The smallest absolute Gasteiger partial charge is 0.301 e. The van der Waals surface area contributed by atoms with Gasteiger partial charge in [0.25, 0.3) is 5.78 Å². The van der Waals surface area contributed by atoms with Gasteiger partial charge in [0.1, 0.15) is 23.9 Å². The molecule has 0 aliphatic carbocycles. The van der Waals surface area contributed by atoms with Crippen LogP contribution >= 0.6 is 34.7 Å². The van der Waals surface area contributed by atoms with Gasteiger partial charge in [-0.1, -0.05) is 83.2 Å². The number of rotatable bonds is 10. The number of ether oxygens (including phenoxy) is 2. The predicted octanol–water partition coefficient (Wildman–Crippen LogP) is 8.01. The number of methoxy groups -OCH3 is 1. The number of aliphatic hydroxyl groups is 1. The molecule has 1 atom stereocenters. The van der Waals surface area contributed by atoms with E-state index in [9.17, 15) is 14.7 Å². The fraction of sp³-hybridized carbons (Fsp3) is 0.143. The summed E-state index contributed by atoms with van der Waals surface area (Å²) in [4.78, 5) is 28.5. The number of carbonyl (C=O) groups is 2. The fourth-order valence-corrected chi connectivity index (χ4v) is 6.99. The minimum absolute atomic E-state index is 0.0580.